The third-order valence-electron chi connectivity index (χ3n) is 1.53. The highest BCUT2D eigenvalue weighted by molar-refractivity contribution is 5.96. The molecule has 0 aromatic carbocycles. The molecule has 1 aromatic heterocycles. The second-order valence-electron chi connectivity index (χ2n) is 3.19. The molecule has 0 bridgehead atoms. The van der Waals surface area contributed by atoms with E-state index in [1.807, 2.05) is 0 Å². The molecule has 0 fully saturated rings. The van der Waals surface area contributed by atoms with Crippen molar-refractivity contribution in [3.8, 4) is 5.88 Å². The number of Topliss-reactive ketones (excluding diaryl/α,β-unsaturated/α-hetero) is 1. The summed E-state index contributed by atoms with van der Waals surface area (Å²) in [4.78, 5) is 14.6. The average molecular weight is 215 g/mol. The molecule has 0 aliphatic carbocycles. The maximum Gasteiger partial charge on any atom is 0.302 e. The van der Waals surface area contributed by atoms with Crippen LogP contribution in [0.4, 0.5) is 8.78 Å². The van der Waals surface area contributed by atoms with E-state index < -0.39 is 12.2 Å². The van der Waals surface area contributed by atoms with Crippen molar-refractivity contribution in [2.45, 2.75) is 26.4 Å². The number of carbonyl (C=O) groups excluding carboxylic acids is 1. The molecule has 0 aliphatic heterocycles. The van der Waals surface area contributed by atoms with Gasteiger partial charge < -0.3 is 4.74 Å². The maximum atomic E-state index is 12.1. The number of hydrogen-bond acceptors (Lipinski definition) is 3. The van der Waals surface area contributed by atoms with Gasteiger partial charge in [-0.3, -0.25) is 4.79 Å². The van der Waals surface area contributed by atoms with Crippen LogP contribution in [-0.4, -0.2) is 23.3 Å². The molecule has 1 aromatic rings. The van der Waals surface area contributed by atoms with Crippen LogP contribution < -0.4 is 4.74 Å². The first-order chi connectivity index (χ1) is 7.00. The van der Waals surface area contributed by atoms with Crippen molar-refractivity contribution in [2.24, 2.45) is 0 Å². The molecule has 0 amide bonds. The molecule has 5 heteroatoms. The van der Waals surface area contributed by atoms with Gasteiger partial charge in [-0.1, -0.05) is 6.07 Å². The SMILES string of the molecule is CC(C)Oc1cccc(C(=O)C(F)F)n1. The molecule has 1 rings (SSSR count). The minimum absolute atomic E-state index is 0.116. The summed E-state index contributed by atoms with van der Waals surface area (Å²) in [5.41, 5.74) is -0.275. The van der Waals surface area contributed by atoms with Crippen LogP contribution in [0.2, 0.25) is 0 Å². The lowest BCUT2D eigenvalue weighted by molar-refractivity contribution is 0.0671. The van der Waals surface area contributed by atoms with Gasteiger partial charge >= 0.3 is 6.43 Å². The van der Waals surface area contributed by atoms with Gasteiger partial charge in [0, 0.05) is 6.07 Å². The predicted octanol–water partition coefficient (Wildman–Crippen LogP) is 2.32. The Kier molecular flexibility index (Phi) is 3.71. The lowest BCUT2D eigenvalue weighted by atomic mass is 10.2. The molecular weight excluding hydrogens is 204 g/mol. The van der Waals surface area contributed by atoms with Gasteiger partial charge in [-0.15, -0.1) is 0 Å². The number of alkyl halides is 2. The third-order valence-corrected chi connectivity index (χ3v) is 1.53. The Morgan fingerprint density at radius 1 is 1.40 bits per heavy atom. The molecule has 0 unspecified atom stereocenters. The second-order valence-corrected chi connectivity index (χ2v) is 3.19. The molecule has 0 spiro atoms. The summed E-state index contributed by atoms with van der Waals surface area (Å²) in [7, 11) is 0. The zero-order chi connectivity index (χ0) is 11.4. The van der Waals surface area contributed by atoms with Crippen LogP contribution in [-0.2, 0) is 0 Å². The quantitative estimate of drug-likeness (QED) is 0.723. The van der Waals surface area contributed by atoms with Crippen molar-refractivity contribution in [1.82, 2.24) is 4.98 Å². The Morgan fingerprint density at radius 2 is 2.07 bits per heavy atom. The number of aromatic nitrogens is 1. The van der Waals surface area contributed by atoms with Gasteiger partial charge in [0.05, 0.1) is 6.10 Å². The number of rotatable bonds is 4. The molecule has 0 radical (unpaired) electrons. The van der Waals surface area contributed by atoms with Gasteiger partial charge in [0.1, 0.15) is 5.69 Å². The van der Waals surface area contributed by atoms with Crippen LogP contribution in [0.1, 0.15) is 24.3 Å². The number of nitrogens with zero attached hydrogens (tertiary/aromatic N) is 1. The average Bonchev–Trinajstić information content (AvgIpc) is 2.16. The van der Waals surface area contributed by atoms with E-state index in [9.17, 15) is 13.6 Å². The van der Waals surface area contributed by atoms with Gasteiger partial charge in [-0.2, -0.15) is 0 Å². The van der Waals surface area contributed by atoms with E-state index in [-0.39, 0.29) is 17.7 Å². The molecule has 1 heterocycles. The number of pyridine rings is 1. The van der Waals surface area contributed by atoms with Crippen LogP contribution in [0.15, 0.2) is 18.2 Å². The fourth-order valence-electron chi connectivity index (χ4n) is 0.971. The Bertz CT molecular complexity index is 353. The predicted molar refractivity (Wildman–Crippen MR) is 50.3 cm³/mol. The van der Waals surface area contributed by atoms with Crippen molar-refractivity contribution >= 4 is 5.78 Å². The molecule has 15 heavy (non-hydrogen) atoms. The van der Waals surface area contributed by atoms with Crippen molar-refractivity contribution < 1.29 is 18.3 Å². The van der Waals surface area contributed by atoms with Crippen LogP contribution in [0.5, 0.6) is 5.88 Å². The van der Waals surface area contributed by atoms with E-state index in [1.54, 1.807) is 13.8 Å². The van der Waals surface area contributed by atoms with E-state index in [0.717, 1.165) is 0 Å². The minimum atomic E-state index is -3.04. The summed E-state index contributed by atoms with van der Waals surface area (Å²) in [5.74, 6) is -1.11. The molecule has 0 saturated heterocycles. The summed E-state index contributed by atoms with van der Waals surface area (Å²) in [6.45, 7) is 3.56. The smallest absolute Gasteiger partial charge is 0.302 e. The number of carbonyl (C=O) groups is 1. The molecule has 0 N–H and O–H groups in total. The molecule has 3 nitrogen and oxygen atoms in total. The first-order valence-electron chi connectivity index (χ1n) is 4.46. The Hall–Kier alpha value is -1.52. The standard InChI is InChI=1S/C10H11F2NO2/c1-6(2)15-8-5-3-4-7(13-8)9(14)10(11)12/h3-6,10H,1-2H3. The Balaban J connectivity index is 2.87. The monoisotopic (exact) mass is 215 g/mol. The largest absolute Gasteiger partial charge is 0.475 e. The van der Waals surface area contributed by atoms with Gasteiger partial charge in [-0.25, -0.2) is 13.8 Å². The second kappa shape index (κ2) is 4.82. The van der Waals surface area contributed by atoms with E-state index in [1.165, 1.54) is 18.2 Å². The molecule has 0 aliphatic rings. The highest BCUT2D eigenvalue weighted by atomic mass is 19.3. The minimum Gasteiger partial charge on any atom is -0.475 e. The Morgan fingerprint density at radius 3 is 2.60 bits per heavy atom. The highest BCUT2D eigenvalue weighted by Crippen LogP contribution is 2.12. The van der Waals surface area contributed by atoms with E-state index in [2.05, 4.69) is 4.98 Å². The van der Waals surface area contributed by atoms with Crippen molar-refractivity contribution in [3.63, 3.8) is 0 Å². The van der Waals surface area contributed by atoms with Gasteiger partial charge in [0.25, 0.3) is 0 Å². The van der Waals surface area contributed by atoms with Gasteiger partial charge in [0.15, 0.2) is 0 Å². The molecule has 82 valence electrons. The van der Waals surface area contributed by atoms with E-state index in [0.29, 0.717) is 0 Å². The lowest BCUT2D eigenvalue weighted by Gasteiger charge is -2.08. The Labute approximate surface area is 86.1 Å². The number of halogens is 2. The first-order valence-corrected chi connectivity index (χ1v) is 4.46. The van der Waals surface area contributed by atoms with Crippen molar-refractivity contribution in [1.29, 1.82) is 0 Å². The summed E-state index contributed by atoms with van der Waals surface area (Å²) >= 11 is 0. The zero-order valence-electron chi connectivity index (χ0n) is 8.41. The van der Waals surface area contributed by atoms with Crippen molar-refractivity contribution in [2.75, 3.05) is 0 Å². The van der Waals surface area contributed by atoms with E-state index in [4.69, 9.17) is 4.74 Å². The fourth-order valence-corrected chi connectivity index (χ4v) is 0.971. The summed E-state index contributed by atoms with van der Waals surface area (Å²) in [6, 6.07) is 4.21. The number of ether oxygens (including phenoxy) is 1. The molecule has 0 atom stereocenters. The zero-order valence-corrected chi connectivity index (χ0v) is 8.41. The van der Waals surface area contributed by atoms with Crippen LogP contribution in [0, 0.1) is 0 Å². The van der Waals surface area contributed by atoms with Crippen LogP contribution in [0.3, 0.4) is 0 Å². The third kappa shape index (κ3) is 3.27. The molecule has 0 saturated carbocycles. The van der Waals surface area contributed by atoms with Gasteiger partial charge in [0.2, 0.25) is 11.7 Å². The van der Waals surface area contributed by atoms with Gasteiger partial charge in [-0.05, 0) is 19.9 Å². The highest BCUT2D eigenvalue weighted by Gasteiger charge is 2.19. The van der Waals surface area contributed by atoms with Crippen LogP contribution >= 0.6 is 0 Å². The van der Waals surface area contributed by atoms with E-state index >= 15 is 0 Å². The maximum absolute atomic E-state index is 12.1. The summed E-state index contributed by atoms with van der Waals surface area (Å²) in [5, 5.41) is 0. The fraction of sp³-hybridized carbons (Fsp3) is 0.400. The summed E-state index contributed by atoms with van der Waals surface area (Å²) < 4.78 is 29.3. The molecular formula is C10H11F2NO2. The number of ketones is 1. The normalized spacial score (nSPS) is 10.8. The lowest BCUT2D eigenvalue weighted by Crippen LogP contribution is -2.14. The summed E-state index contributed by atoms with van der Waals surface area (Å²) in [6.07, 6.45) is -3.15. The number of hydrogen-bond donors (Lipinski definition) is 0. The first kappa shape index (κ1) is 11.6. The van der Waals surface area contributed by atoms with Crippen LogP contribution in [0.25, 0.3) is 0 Å². The van der Waals surface area contributed by atoms with Crippen molar-refractivity contribution in [3.05, 3.63) is 23.9 Å². The topological polar surface area (TPSA) is 39.2 Å².